The van der Waals surface area contributed by atoms with Crippen LogP contribution in [0.3, 0.4) is 0 Å². The molecule has 1 aromatic heterocycles. The number of aliphatic hydroxyl groups is 1. The maximum atomic E-state index is 9.43. The van der Waals surface area contributed by atoms with Gasteiger partial charge in [-0.2, -0.15) is 0 Å². The number of aliphatic hydroxyl groups excluding tert-OH is 1. The molecule has 1 aliphatic rings. The molecule has 0 amide bonds. The lowest BCUT2D eigenvalue weighted by Crippen LogP contribution is -2.26. The van der Waals surface area contributed by atoms with Crippen LogP contribution in [0.5, 0.6) is 0 Å². The Bertz CT molecular complexity index is 289. The molecular weight excluding hydrogens is 176 g/mol. The molecule has 1 unspecified atom stereocenters. The third-order valence-corrected chi connectivity index (χ3v) is 2.86. The normalized spacial score (nSPS) is 25.1. The Morgan fingerprint density at radius 2 is 2.43 bits per heavy atom. The third kappa shape index (κ3) is 1.94. The monoisotopic (exact) mass is 192 g/mol. The Balaban J connectivity index is 2.05. The lowest BCUT2D eigenvalue weighted by Gasteiger charge is -2.22. The predicted octanol–water partition coefficient (Wildman–Crippen LogP) is 1.21. The van der Waals surface area contributed by atoms with E-state index in [1.54, 1.807) is 0 Å². The van der Waals surface area contributed by atoms with E-state index < -0.39 is 0 Å². The number of β-amino-alcohol motifs (C(OH)–C–C–N with tert-alkyl or cyclic N) is 1. The minimum Gasteiger partial charge on any atom is -0.392 e. The van der Waals surface area contributed by atoms with Crippen LogP contribution in [0.25, 0.3) is 0 Å². The topological polar surface area (TPSA) is 36.4 Å². The van der Waals surface area contributed by atoms with Gasteiger partial charge >= 0.3 is 0 Å². The van der Waals surface area contributed by atoms with Crippen molar-refractivity contribution < 1.29 is 5.11 Å². The molecule has 14 heavy (non-hydrogen) atoms. The highest BCUT2D eigenvalue weighted by Crippen LogP contribution is 2.22. The third-order valence-electron chi connectivity index (χ3n) is 2.86. The van der Waals surface area contributed by atoms with E-state index in [1.165, 1.54) is 0 Å². The van der Waals surface area contributed by atoms with Crippen molar-refractivity contribution in [1.82, 2.24) is 9.88 Å². The molecule has 1 aliphatic heterocycles. The molecule has 2 rings (SSSR count). The summed E-state index contributed by atoms with van der Waals surface area (Å²) >= 11 is 0. The maximum Gasteiger partial charge on any atom is 0.0679 e. The summed E-state index contributed by atoms with van der Waals surface area (Å²) in [5.41, 5.74) is 1.08. The predicted molar refractivity (Wildman–Crippen MR) is 54.8 cm³/mol. The highest BCUT2D eigenvalue weighted by Gasteiger charge is 2.25. The summed E-state index contributed by atoms with van der Waals surface area (Å²) in [4.78, 5) is 6.60. The van der Waals surface area contributed by atoms with E-state index in [2.05, 4.69) is 16.8 Å². The second-order valence-corrected chi connectivity index (χ2v) is 3.87. The standard InChI is InChI=1S/C11H16N2O/c1-9(11-4-2-3-6-12-11)13-7-5-10(14)8-13/h2-4,6,9-10,14H,5,7-8H2,1H3/t9?,10-/m1/s1. The summed E-state index contributed by atoms with van der Waals surface area (Å²) in [7, 11) is 0. The Morgan fingerprint density at radius 3 is 3.00 bits per heavy atom. The van der Waals surface area contributed by atoms with Gasteiger partial charge < -0.3 is 5.11 Å². The van der Waals surface area contributed by atoms with Crippen molar-refractivity contribution in [2.75, 3.05) is 13.1 Å². The highest BCUT2D eigenvalue weighted by molar-refractivity contribution is 5.08. The smallest absolute Gasteiger partial charge is 0.0679 e. The lowest BCUT2D eigenvalue weighted by atomic mass is 10.2. The Morgan fingerprint density at radius 1 is 1.57 bits per heavy atom. The minimum atomic E-state index is -0.152. The summed E-state index contributed by atoms with van der Waals surface area (Å²) in [6.07, 6.45) is 2.55. The molecular formula is C11H16N2O. The van der Waals surface area contributed by atoms with Crippen LogP contribution in [-0.4, -0.2) is 34.2 Å². The van der Waals surface area contributed by atoms with Crippen LogP contribution < -0.4 is 0 Å². The second kappa shape index (κ2) is 4.07. The van der Waals surface area contributed by atoms with Gasteiger partial charge in [-0.3, -0.25) is 9.88 Å². The minimum absolute atomic E-state index is 0.152. The molecule has 0 radical (unpaired) electrons. The van der Waals surface area contributed by atoms with Crippen LogP contribution in [0.1, 0.15) is 25.1 Å². The van der Waals surface area contributed by atoms with Crippen LogP contribution in [0.2, 0.25) is 0 Å². The fourth-order valence-electron chi connectivity index (χ4n) is 1.93. The fraction of sp³-hybridized carbons (Fsp3) is 0.545. The Labute approximate surface area is 84.4 Å². The molecule has 1 saturated heterocycles. The van der Waals surface area contributed by atoms with E-state index in [9.17, 15) is 5.11 Å². The molecule has 0 saturated carbocycles. The van der Waals surface area contributed by atoms with Gasteiger partial charge in [0.25, 0.3) is 0 Å². The SMILES string of the molecule is CC(c1ccccn1)N1CC[C@@H](O)C1. The summed E-state index contributed by atoms with van der Waals surface area (Å²) < 4.78 is 0. The molecule has 1 N–H and O–H groups in total. The van der Waals surface area contributed by atoms with Crippen molar-refractivity contribution in [3.63, 3.8) is 0 Å². The van der Waals surface area contributed by atoms with Crippen molar-refractivity contribution in [2.24, 2.45) is 0 Å². The highest BCUT2D eigenvalue weighted by atomic mass is 16.3. The summed E-state index contributed by atoms with van der Waals surface area (Å²) in [5, 5.41) is 9.43. The van der Waals surface area contributed by atoms with Gasteiger partial charge in [0.2, 0.25) is 0 Å². The summed E-state index contributed by atoms with van der Waals surface area (Å²) in [6, 6.07) is 6.28. The first-order chi connectivity index (χ1) is 6.77. The van der Waals surface area contributed by atoms with E-state index >= 15 is 0 Å². The molecule has 2 heterocycles. The average Bonchev–Trinajstić information content (AvgIpc) is 2.65. The molecule has 3 nitrogen and oxygen atoms in total. The largest absolute Gasteiger partial charge is 0.392 e. The molecule has 0 bridgehead atoms. The van der Waals surface area contributed by atoms with Crippen LogP contribution in [0, 0.1) is 0 Å². The molecule has 76 valence electrons. The number of rotatable bonds is 2. The van der Waals surface area contributed by atoms with Crippen LogP contribution >= 0.6 is 0 Å². The van der Waals surface area contributed by atoms with Crippen LogP contribution in [0.4, 0.5) is 0 Å². The average molecular weight is 192 g/mol. The number of aromatic nitrogens is 1. The maximum absolute atomic E-state index is 9.43. The molecule has 3 heteroatoms. The van der Waals surface area contributed by atoms with Gasteiger partial charge in [-0.1, -0.05) is 6.07 Å². The second-order valence-electron chi connectivity index (χ2n) is 3.87. The first-order valence-corrected chi connectivity index (χ1v) is 5.10. The molecule has 1 aromatic rings. The summed E-state index contributed by atoms with van der Waals surface area (Å²) in [5.74, 6) is 0. The first kappa shape index (κ1) is 9.62. The zero-order valence-corrected chi connectivity index (χ0v) is 8.43. The van der Waals surface area contributed by atoms with E-state index in [0.717, 1.165) is 25.2 Å². The van der Waals surface area contributed by atoms with Crippen molar-refractivity contribution >= 4 is 0 Å². The number of hydrogen-bond acceptors (Lipinski definition) is 3. The molecule has 2 atom stereocenters. The molecule has 1 fully saturated rings. The van der Waals surface area contributed by atoms with Gasteiger partial charge in [0.15, 0.2) is 0 Å². The van der Waals surface area contributed by atoms with Gasteiger partial charge in [0.1, 0.15) is 0 Å². The van der Waals surface area contributed by atoms with Gasteiger partial charge in [0, 0.05) is 25.3 Å². The van der Waals surface area contributed by atoms with Gasteiger partial charge in [-0.15, -0.1) is 0 Å². The van der Waals surface area contributed by atoms with Gasteiger partial charge in [0.05, 0.1) is 11.8 Å². The van der Waals surface area contributed by atoms with Gasteiger partial charge in [-0.25, -0.2) is 0 Å². The zero-order chi connectivity index (χ0) is 9.97. The Hall–Kier alpha value is -0.930. The molecule has 0 spiro atoms. The fourth-order valence-corrected chi connectivity index (χ4v) is 1.93. The lowest BCUT2D eigenvalue weighted by molar-refractivity contribution is 0.162. The summed E-state index contributed by atoms with van der Waals surface area (Å²) in [6.45, 7) is 3.89. The number of likely N-dealkylation sites (tertiary alicyclic amines) is 1. The van der Waals surface area contributed by atoms with Crippen molar-refractivity contribution in [3.8, 4) is 0 Å². The first-order valence-electron chi connectivity index (χ1n) is 5.10. The van der Waals surface area contributed by atoms with Crippen LogP contribution in [0.15, 0.2) is 24.4 Å². The molecule has 0 aliphatic carbocycles. The van der Waals surface area contributed by atoms with E-state index in [-0.39, 0.29) is 6.10 Å². The quantitative estimate of drug-likeness (QED) is 0.765. The number of nitrogens with zero attached hydrogens (tertiary/aromatic N) is 2. The Kier molecular flexibility index (Phi) is 2.79. The van der Waals surface area contributed by atoms with Crippen LogP contribution in [-0.2, 0) is 0 Å². The van der Waals surface area contributed by atoms with Gasteiger partial charge in [-0.05, 0) is 25.5 Å². The van der Waals surface area contributed by atoms with Crippen molar-refractivity contribution in [1.29, 1.82) is 0 Å². The van der Waals surface area contributed by atoms with Crippen molar-refractivity contribution in [2.45, 2.75) is 25.5 Å². The zero-order valence-electron chi connectivity index (χ0n) is 8.43. The van der Waals surface area contributed by atoms with E-state index in [4.69, 9.17) is 0 Å². The van der Waals surface area contributed by atoms with Crippen molar-refractivity contribution in [3.05, 3.63) is 30.1 Å². The number of hydrogen-bond donors (Lipinski definition) is 1. The molecule has 0 aromatic carbocycles. The number of pyridine rings is 1. The van der Waals surface area contributed by atoms with E-state index in [0.29, 0.717) is 6.04 Å². The van der Waals surface area contributed by atoms with E-state index in [1.807, 2.05) is 24.4 Å².